The number of benzene rings is 2. The predicted molar refractivity (Wildman–Crippen MR) is 117 cm³/mol. The summed E-state index contributed by atoms with van der Waals surface area (Å²) in [5, 5.41) is 0. The van der Waals surface area contributed by atoms with Crippen LogP contribution in [0.2, 0.25) is 0 Å². The first-order valence-electron chi connectivity index (χ1n) is 10.3. The zero-order valence-electron chi connectivity index (χ0n) is 17.5. The Morgan fingerprint density at radius 1 is 0.938 bits per heavy atom. The summed E-state index contributed by atoms with van der Waals surface area (Å²) in [6.45, 7) is 2.83. The van der Waals surface area contributed by atoms with Gasteiger partial charge in [-0.05, 0) is 48.7 Å². The Labute approximate surface area is 184 Å². The van der Waals surface area contributed by atoms with Crippen molar-refractivity contribution in [3.63, 3.8) is 0 Å². The minimum atomic E-state index is -0.972. The number of hydrogen-bond acceptors (Lipinski definition) is 4. The maximum absolute atomic E-state index is 14.5. The molecular weight excluding hydrogens is 412 g/mol. The summed E-state index contributed by atoms with van der Waals surface area (Å²) < 4.78 is 28.0. The molecule has 0 radical (unpaired) electrons. The smallest absolute Gasteiger partial charge is 0.282 e. The van der Waals surface area contributed by atoms with E-state index in [9.17, 15) is 18.4 Å². The first kappa shape index (κ1) is 21.4. The average Bonchev–Trinajstić information content (AvgIpc) is 3.06. The highest BCUT2D eigenvalue weighted by Gasteiger charge is 2.43. The highest BCUT2D eigenvalue weighted by Crippen LogP contribution is 2.36. The summed E-state index contributed by atoms with van der Waals surface area (Å²) in [6, 6.07) is 15.4. The van der Waals surface area contributed by atoms with Crippen LogP contribution in [-0.4, -0.2) is 34.8 Å². The molecule has 162 valence electrons. The average molecular weight is 433 g/mol. The van der Waals surface area contributed by atoms with Gasteiger partial charge in [-0.2, -0.15) is 0 Å². The van der Waals surface area contributed by atoms with Crippen LogP contribution in [0.15, 0.2) is 78.8 Å². The summed E-state index contributed by atoms with van der Waals surface area (Å²) in [4.78, 5) is 33.5. The number of carbonyl (C=O) groups is 2. The van der Waals surface area contributed by atoms with Crippen molar-refractivity contribution in [2.24, 2.45) is 0 Å². The maximum atomic E-state index is 14.5. The van der Waals surface area contributed by atoms with Crippen molar-refractivity contribution in [1.29, 1.82) is 0 Å². The number of likely N-dealkylation sites (N-methyl/N-ethyl adjacent to an activating group) is 1. The molecule has 1 aromatic heterocycles. The fourth-order valence-electron chi connectivity index (χ4n) is 3.80. The third kappa shape index (κ3) is 4.01. The van der Waals surface area contributed by atoms with E-state index in [0.29, 0.717) is 31.1 Å². The van der Waals surface area contributed by atoms with Crippen molar-refractivity contribution < 1.29 is 18.4 Å². The molecule has 0 fully saturated rings. The summed E-state index contributed by atoms with van der Waals surface area (Å²) >= 11 is 0. The van der Waals surface area contributed by atoms with Crippen molar-refractivity contribution in [3.05, 3.63) is 102 Å². The number of carbonyl (C=O) groups excluding carboxylic acids is 2. The number of nitrogens with zero attached hydrogens (tertiary/aromatic N) is 3. The molecule has 0 saturated carbocycles. The van der Waals surface area contributed by atoms with Crippen LogP contribution < -0.4 is 4.90 Å². The molecule has 3 aromatic rings. The van der Waals surface area contributed by atoms with Gasteiger partial charge in [-0.3, -0.25) is 14.6 Å². The van der Waals surface area contributed by atoms with Crippen LogP contribution in [0.4, 0.5) is 14.5 Å². The van der Waals surface area contributed by atoms with Gasteiger partial charge in [0.05, 0.1) is 11.3 Å². The van der Waals surface area contributed by atoms with Crippen molar-refractivity contribution in [3.8, 4) is 0 Å². The lowest BCUT2D eigenvalue weighted by atomic mass is 10.0. The van der Waals surface area contributed by atoms with Gasteiger partial charge >= 0.3 is 0 Å². The van der Waals surface area contributed by atoms with Crippen LogP contribution in [0.1, 0.15) is 18.1 Å². The lowest BCUT2D eigenvalue weighted by molar-refractivity contribution is -0.120. The molecule has 0 spiro atoms. The van der Waals surface area contributed by atoms with E-state index < -0.39 is 23.4 Å². The lowest BCUT2D eigenvalue weighted by Crippen LogP contribution is -2.36. The van der Waals surface area contributed by atoms with Gasteiger partial charge < -0.3 is 4.90 Å². The molecule has 0 saturated heterocycles. The molecule has 0 N–H and O–H groups in total. The molecule has 2 heterocycles. The molecule has 7 heteroatoms. The van der Waals surface area contributed by atoms with Crippen molar-refractivity contribution in [2.75, 3.05) is 18.0 Å². The Morgan fingerprint density at radius 3 is 2.31 bits per heavy atom. The Balaban J connectivity index is 1.76. The molecule has 1 aliphatic heterocycles. The number of aromatic nitrogens is 1. The number of pyridine rings is 1. The summed E-state index contributed by atoms with van der Waals surface area (Å²) in [5.74, 6) is -3.02. The van der Waals surface area contributed by atoms with Gasteiger partial charge in [-0.1, -0.05) is 30.3 Å². The monoisotopic (exact) mass is 433 g/mol. The van der Waals surface area contributed by atoms with Gasteiger partial charge in [0.15, 0.2) is 0 Å². The van der Waals surface area contributed by atoms with Gasteiger partial charge in [0, 0.05) is 31.5 Å². The van der Waals surface area contributed by atoms with Gasteiger partial charge in [-0.15, -0.1) is 0 Å². The van der Waals surface area contributed by atoms with E-state index in [1.165, 1.54) is 0 Å². The van der Waals surface area contributed by atoms with E-state index in [1.54, 1.807) is 36.7 Å². The van der Waals surface area contributed by atoms with Gasteiger partial charge in [0.1, 0.15) is 17.3 Å². The second kappa shape index (κ2) is 9.09. The number of imide groups is 1. The summed E-state index contributed by atoms with van der Waals surface area (Å²) in [5.41, 5.74) is 1.75. The largest absolute Gasteiger partial charge is 0.366 e. The summed E-state index contributed by atoms with van der Waals surface area (Å²) in [6.07, 6.45) is 4.03. The first-order chi connectivity index (χ1) is 15.5. The molecule has 32 heavy (non-hydrogen) atoms. The standard InChI is InChI=1S/C25H21F2N3O2/c1-2-29(15-12-17-10-13-28-14-11-17)23-22(18-6-4-3-5-7-18)24(31)30(25(23)32)21-9-8-19(26)16-20(21)27/h3-11,13-14,16H,2,12,15H2,1H3. The molecular formula is C25H21F2N3O2. The molecule has 2 amide bonds. The molecule has 0 unspecified atom stereocenters. The minimum Gasteiger partial charge on any atom is -0.366 e. The Morgan fingerprint density at radius 2 is 1.66 bits per heavy atom. The molecule has 0 aliphatic carbocycles. The topological polar surface area (TPSA) is 53.5 Å². The van der Waals surface area contributed by atoms with Gasteiger partial charge in [0.2, 0.25) is 0 Å². The molecule has 1 aliphatic rings. The van der Waals surface area contributed by atoms with Crippen molar-refractivity contribution in [1.82, 2.24) is 9.88 Å². The molecule has 4 rings (SSSR count). The van der Waals surface area contributed by atoms with Crippen molar-refractivity contribution >= 4 is 23.1 Å². The van der Waals surface area contributed by atoms with E-state index in [4.69, 9.17) is 0 Å². The third-order valence-corrected chi connectivity index (χ3v) is 5.39. The zero-order valence-corrected chi connectivity index (χ0v) is 17.5. The Bertz CT molecular complexity index is 1180. The van der Waals surface area contributed by atoms with Crippen molar-refractivity contribution in [2.45, 2.75) is 13.3 Å². The second-order valence-electron chi connectivity index (χ2n) is 7.32. The predicted octanol–water partition coefficient (Wildman–Crippen LogP) is 4.21. The summed E-state index contributed by atoms with van der Waals surface area (Å²) in [7, 11) is 0. The number of rotatable bonds is 7. The second-order valence-corrected chi connectivity index (χ2v) is 7.32. The Kier molecular flexibility index (Phi) is 6.07. The normalized spacial score (nSPS) is 13.8. The van der Waals surface area contributed by atoms with Crippen LogP contribution in [0.5, 0.6) is 0 Å². The Hall–Kier alpha value is -3.87. The molecule has 5 nitrogen and oxygen atoms in total. The third-order valence-electron chi connectivity index (χ3n) is 5.39. The van der Waals surface area contributed by atoms with Gasteiger partial charge in [0.25, 0.3) is 11.8 Å². The SMILES string of the molecule is CCN(CCc1ccncc1)C1=C(c2ccccc2)C(=O)N(c2ccc(F)cc2F)C1=O. The van der Waals surface area contributed by atoms with Crippen LogP contribution in [0.3, 0.4) is 0 Å². The van der Waals surface area contributed by atoms with Gasteiger partial charge in [-0.25, -0.2) is 13.7 Å². The van der Waals surface area contributed by atoms with Crippen LogP contribution in [0, 0.1) is 11.6 Å². The highest BCUT2D eigenvalue weighted by molar-refractivity contribution is 6.45. The number of anilines is 1. The van der Waals surface area contributed by atoms with E-state index >= 15 is 0 Å². The number of amides is 2. The molecule has 0 atom stereocenters. The number of halogens is 2. The first-order valence-corrected chi connectivity index (χ1v) is 10.3. The van der Waals surface area contributed by atoms with E-state index in [1.807, 2.05) is 30.0 Å². The van der Waals surface area contributed by atoms with Crippen LogP contribution in [-0.2, 0) is 16.0 Å². The number of hydrogen-bond donors (Lipinski definition) is 0. The highest BCUT2D eigenvalue weighted by atomic mass is 19.1. The van der Waals surface area contributed by atoms with Crippen LogP contribution >= 0.6 is 0 Å². The van der Waals surface area contributed by atoms with Crippen LogP contribution in [0.25, 0.3) is 5.57 Å². The van der Waals surface area contributed by atoms with E-state index in [2.05, 4.69) is 4.98 Å². The fraction of sp³-hybridized carbons (Fsp3) is 0.160. The van der Waals surface area contributed by atoms with E-state index in [-0.39, 0.29) is 17.0 Å². The zero-order chi connectivity index (χ0) is 22.7. The van der Waals surface area contributed by atoms with E-state index in [0.717, 1.165) is 22.6 Å². The molecule has 2 aromatic carbocycles. The lowest BCUT2D eigenvalue weighted by Gasteiger charge is -2.25. The fourth-order valence-corrected chi connectivity index (χ4v) is 3.80. The quantitative estimate of drug-likeness (QED) is 0.524. The molecule has 0 bridgehead atoms. The minimum absolute atomic E-state index is 0.205. The maximum Gasteiger partial charge on any atom is 0.282 e.